The minimum atomic E-state index is 0.291. The third-order valence-corrected chi connectivity index (χ3v) is 19.3. The molecule has 3 rings (SSSR count). The Labute approximate surface area is 177 Å². The maximum absolute atomic E-state index is 2.38. The van der Waals surface area contributed by atoms with Crippen molar-refractivity contribution in [2.45, 2.75) is 53.1 Å². The Kier molecular flexibility index (Phi) is 8.59. The standard InChI is InChI=1S/C14H20S2Te4/c17-11(1-9-5-15-9)3-13-7-19-8-14(20-13)4-12(18)2-10-6-16-10/h9-10,13-14H,1-8H2. The molecule has 0 spiro atoms. The van der Waals surface area contributed by atoms with Crippen LogP contribution >= 0.6 is 23.5 Å². The summed E-state index contributed by atoms with van der Waals surface area (Å²) in [5.74, 6) is 2.90. The summed E-state index contributed by atoms with van der Waals surface area (Å²) in [6, 6.07) is 0. The molecule has 3 fully saturated rings. The van der Waals surface area contributed by atoms with Crippen molar-refractivity contribution in [3.05, 3.63) is 0 Å². The van der Waals surface area contributed by atoms with Crippen LogP contribution in [0.2, 0.25) is 16.9 Å². The molecule has 6 heteroatoms. The molecule has 3 aliphatic rings. The first-order valence-electron chi connectivity index (χ1n) is 7.19. The van der Waals surface area contributed by atoms with Gasteiger partial charge in [0, 0.05) is 0 Å². The summed E-state index contributed by atoms with van der Waals surface area (Å²) in [5.41, 5.74) is 0. The summed E-state index contributed by atoms with van der Waals surface area (Å²) in [7, 11) is 0. The quantitative estimate of drug-likeness (QED) is 0.276. The van der Waals surface area contributed by atoms with E-state index in [1.807, 2.05) is 7.10 Å². The Morgan fingerprint density at radius 2 is 1.30 bits per heavy atom. The van der Waals surface area contributed by atoms with Crippen LogP contribution in [0, 0.1) is 0 Å². The van der Waals surface area contributed by atoms with Crippen LogP contribution in [0.4, 0.5) is 0 Å². The molecule has 0 aromatic carbocycles. The molecular weight excluding hydrogens is 743 g/mol. The van der Waals surface area contributed by atoms with Crippen molar-refractivity contribution in [2.24, 2.45) is 0 Å². The van der Waals surface area contributed by atoms with Crippen molar-refractivity contribution in [1.82, 2.24) is 0 Å². The third kappa shape index (κ3) is 7.23. The fraction of sp³-hybridized carbons (Fsp3) is 0.857. The van der Waals surface area contributed by atoms with Crippen LogP contribution in [0.3, 0.4) is 0 Å². The Morgan fingerprint density at radius 3 is 1.70 bits per heavy atom. The fourth-order valence-electron chi connectivity index (χ4n) is 2.45. The molecule has 0 aromatic rings. The van der Waals surface area contributed by atoms with Crippen molar-refractivity contribution in [3.8, 4) is 0 Å². The van der Waals surface area contributed by atoms with Gasteiger partial charge in [0.1, 0.15) is 0 Å². The van der Waals surface area contributed by atoms with Gasteiger partial charge in [0.05, 0.1) is 0 Å². The van der Waals surface area contributed by atoms with Crippen LogP contribution in [0.1, 0.15) is 25.7 Å². The van der Waals surface area contributed by atoms with E-state index in [-0.39, 0.29) is 0 Å². The molecular formula is C14H20S2Te4. The number of hydrogen-bond donors (Lipinski definition) is 0. The average molecular weight is 763 g/mol. The van der Waals surface area contributed by atoms with E-state index < -0.39 is 0 Å². The van der Waals surface area contributed by atoms with Gasteiger partial charge in [0.25, 0.3) is 0 Å². The summed E-state index contributed by atoms with van der Waals surface area (Å²) in [5, 5.41) is 2.06. The summed E-state index contributed by atoms with van der Waals surface area (Å²) in [6.07, 6.45) is 5.97. The van der Waals surface area contributed by atoms with Gasteiger partial charge in [0.2, 0.25) is 0 Å². The predicted octanol–water partition coefficient (Wildman–Crippen LogP) is 2.29. The second-order valence-corrected chi connectivity index (χ2v) is 19.3. The Bertz CT molecular complexity index is 345. The molecule has 0 bridgehead atoms. The second kappa shape index (κ2) is 9.34. The normalized spacial score (nSPS) is 35.6. The fourth-order valence-corrected chi connectivity index (χ4v) is 21.5. The van der Waals surface area contributed by atoms with Crippen LogP contribution in [-0.2, 0) is 0 Å². The summed E-state index contributed by atoms with van der Waals surface area (Å²) < 4.78 is 9.51. The summed E-state index contributed by atoms with van der Waals surface area (Å²) >= 11 is 9.78. The van der Waals surface area contributed by atoms with Gasteiger partial charge < -0.3 is 0 Å². The monoisotopic (exact) mass is 772 g/mol. The van der Waals surface area contributed by atoms with Gasteiger partial charge in [-0.05, 0) is 0 Å². The molecule has 112 valence electrons. The molecule has 0 radical (unpaired) electrons. The van der Waals surface area contributed by atoms with Crippen LogP contribution in [0.25, 0.3) is 0 Å². The first-order valence-corrected chi connectivity index (χ1v) is 17.6. The molecule has 4 unspecified atom stereocenters. The van der Waals surface area contributed by atoms with E-state index in [4.69, 9.17) is 0 Å². The van der Waals surface area contributed by atoms with Crippen molar-refractivity contribution in [3.63, 3.8) is 0 Å². The number of rotatable bonds is 8. The van der Waals surface area contributed by atoms with Gasteiger partial charge >= 0.3 is 181 Å². The molecule has 0 saturated carbocycles. The van der Waals surface area contributed by atoms with E-state index in [0.29, 0.717) is 41.8 Å². The molecule has 0 aromatic heterocycles. The summed E-state index contributed by atoms with van der Waals surface area (Å²) in [4.78, 5) is 0. The van der Waals surface area contributed by atoms with E-state index in [1.54, 1.807) is 8.94 Å². The third-order valence-electron chi connectivity index (χ3n) is 3.62. The molecule has 3 heterocycles. The van der Waals surface area contributed by atoms with Gasteiger partial charge in [-0.1, -0.05) is 0 Å². The predicted molar refractivity (Wildman–Crippen MR) is 101 cm³/mol. The van der Waals surface area contributed by atoms with Gasteiger partial charge in [0.15, 0.2) is 0 Å². The topological polar surface area (TPSA) is 0 Å². The van der Waals surface area contributed by atoms with Crippen molar-refractivity contribution >= 4 is 116 Å². The van der Waals surface area contributed by atoms with Crippen LogP contribution in [0.15, 0.2) is 0 Å². The zero-order valence-electron chi connectivity index (χ0n) is 11.4. The second-order valence-electron chi connectivity index (χ2n) is 5.72. The average Bonchev–Trinajstić information content (AvgIpc) is 3.26. The zero-order chi connectivity index (χ0) is 13.9. The molecule has 0 N–H and O–H groups in total. The van der Waals surface area contributed by atoms with Crippen molar-refractivity contribution in [2.75, 3.05) is 11.5 Å². The van der Waals surface area contributed by atoms with Crippen LogP contribution in [-0.4, -0.2) is 115 Å². The summed E-state index contributed by atoms with van der Waals surface area (Å²) in [6.45, 7) is 0. The molecule has 20 heavy (non-hydrogen) atoms. The Balaban J connectivity index is 1.38. The zero-order valence-corrected chi connectivity index (χ0v) is 22.4. The Morgan fingerprint density at radius 1 is 0.850 bits per heavy atom. The van der Waals surface area contributed by atoms with Gasteiger partial charge in [-0.25, -0.2) is 0 Å². The van der Waals surface area contributed by atoms with Crippen molar-refractivity contribution in [1.29, 1.82) is 0 Å². The molecule has 0 aliphatic carbocycles. The molecule has 4 atom stereocenters. The van der Waals surface area contributed by atoms with Gasteiger partial charge in [-0.2, -0.15) is 0 Å². The molecule has 3 saturated heterocycles. The van der Waals surface area contributed by atoms with E-state index in [2.05, 4.69) is 67.2 Å². The SMILES string of the molecule is [Te]=C(CC1CS1)CC1C[Te]CC(CC(=[Te])CC2CS2)[Te]1. The number of thioether (sulfide) groups is 2. The molecule has 0 amide bonds. The van der Waals surface area contributed by atoms with E-state index in [0.717, 1.165) is 10.5 Å². The van der Waals surface area contributed by atoms with Gasteiger partial charge in [-0.3, -0.25) is 0 Å². The first kappa shape index (κ1) is 18.4. The first-order chi connectivity index (χ1) is 9.69. The van der Waals surface area contributed by atoms with Crippen molar-refractivity contribution < 1.29 is 0 Å². The van der Waals surface area contributed by atoms with Gasteiger partial charge in [-0.15, -0.1) is 0 Å². The maximum atomic E-state index is 2.38. The van der Waals surface area contributed by atoms with E-state index in [9.17, 15) is 0 Å². The van der Waals surface area contributed by atoms with E-state index in [1.165, 1.54) is 45.1 Å². The Hall–Kier alpha value is 3.60. The molecule has 0 nitrogen and oxygen atoms in total. The molecule has 3 aliphatic heterocycles. The van der Waals surface area contributed by atoms with Crippen LogP contribution < -0.4 is 0 Å². The minimum absolute atomic E-state index is 0.291. The van der Waals surface area contributed by atoms with E-state index >= 15 is 0 Å². The number of hydrogen-bond acceptors (Lipinski definition) is 2. The van der Waals surface area contributed by atoms with Crippen LogP contribution in [0.5, 0.6) is 0 Å².